The lowest BCUT2D eigenvalue weighted by atomic mass is 9.97. The molecule has 1 heterocycles. The van der Waals surface area contributed by atoms with Gasteiger partial charge in [-0.25, -0.2) is 0 Å². The maximum Gasteiger partial charge on any atom is 0.306 e. The Bertz CT molecular complexity index is 434. The van der Waals surface area contributed by atoms with Crippen molar-refractivity contribution < 1.29 is 12.3 Å². The van der Waals surface area contributed by atoms with Crippen LogP contribution in [-0.2, 0) is 28.8 Å². The van der Waals surface area contributed by atoms with Crippen molar-refractivity contribution in [2.45, 2.75) is 31.4 Å². The Kier molecular flexibility index (Phi) is 2.62. The zero-order chi connectivity index (χ0) is 10.2. The van der Waals surface area contributed by atoms with E-state index in [0.29, 0.717) is 5.56 Å². The van der Waals surface area contributed by atoms with Crippen LogP contribution < -0.4 is 0 Å². The van der Waals surface area contributed by atoms with Gasteiger partial charge in [0.15, 0.2) is 0 Å². The minimum atomic E-state index is -4.37. The van der Waals surface area contributed by atoms with Crippen LogP contribution in [0.2, 0.25) is 0 Å². The SMILES string of the molecule is O=S(=O)(F)Cc1csc2c1CCCC2. The van der Waals surface area contributed by atoms with Gasteiger partial charge >= 0.3 is 10.2 Å². The molecule has 0 amide bonds. The first-order valence-corrected chi connectivity index (χ1v) is 7.00. The van der Waals surface area contributed by atoms with E-state index in [2.05, 4.69) is 0 Å². The summed E-state index contributed by atoms with van der Waals surface area (Å²) in [4.78, 5) is 1.25. The smallest absolute Gasteiger partial charge is 0.194 e. The van der Waals surface area contributed by atoms with Crippen molar-refractivity contribution in [3.63, 3.8) is 0 Å². The molecule has 14 heavy (non-hydrogen) atoms. The highest BCUT2D eigenvalue weighted by molar-refractivity contribution is 7.85. The second-order valence-corrected chi connectivity index (χ2v) is 5.88. The van der Waals surface area contributed by atoms with Crippen molar-refractivity contribution in [1.82, 2.24) is 0 Å². The van der Waals surface area contributed by atoms with Crippen molar-refractivity contribution in [2.24, 2.45) is 0 Å². The molecule has 0 spiro atoms. The maximum atomic E-state index is 12.5. The summed E-state index contributed by atoms with van der Waals surface area (Å²) in [5.74, 6) is -0.446. The molecule has 0 N–H and O–H groups in total. The van der Waals surface area contributed by atoms with Gasteiger partial charge in [-0.15, -0.1) is 15.2 Å². The summed E-state index contributed by atoms with van der Waals surface area (Å²) in [5.41, 5.74) is 1.76. The second kappa shape index (κ2) is 3.62. The molecule has 1 aliphatic carbocycles. The van der Waals surface area contributed by atoms with E-state index < -0.39 is 16.0 Å². The topological polar surface area (TPSA) is 34.1 Å². The summed E-state index contributed by atoms with van der Waals surface area (Å²) in [5, 5.41) is 1.78. The summed E-state index contributed by atoms with van der Waals surface area (Å²) in [6.45, 7) is 0. The molecule has 0 saturated carbocycles. The highest BCUT2D eigenvalue weighted by atomic mass is 32.3. The summed E-state index contributed by atoms with van der Waals surface area (Å²) in [7, 11) is -4.37. The molecule has 5 heteroatoms. The predicted octanol–water partition coefficient (Wildman–Crippen LogP) is 2.43. The fourth-order valence-corrected chi connectivity index (χ4v) is 3.75. The fourth-order valence-electron chi connectivity index (χ4n) is 1.87. The highest BCUT2D eigenvalue weighted by Crippen LogP contribution is 2.31. The van der Waals surface area contributed by atoms with Gasteiger partial charge in [0.25, 0.3) is 0 Å². The third-order valence-corrected chi connectivity index (χ3v) is 4.27. The molecule has 0 unspecified atom stereocenters. The van der Waals surface area contributed by atoms with Crippen molar-refractivity contribution in [3.8, 4) is 0 Å². The lowest BCUT2D eigenvalue weighted by Gasteiger charge is -2.11. The van der Waals surface area contributed by atoms with Gasteiger partial charge in [0, 0.05) is 4.88 Å². The Morgan fingerprint density at radius 2 is 2.07 bits per heavy atom. The van der Waals surface area contributed by atoms with E-state index >= 15 is 0 Å². The second-order valence-electron chi connectivity index (χ2n) is 3.55. The Labute approximate surface area is 87.0 Å². The largest absolute Gasteiger partial charge is 0.306 e. The molecule has 1 aromatic rings. The molecule has 2 nitrogen and oxygen atoms in total. The van der Waals surface area contributed by atoms with Gasteiger partial charge in [-0.2, -0.15) is 8.42 Å². The lowest BCUT2D eigenvalue weighted by Crippen LogP contribution is -2.03. The minimum Gasteiger partial charge on any atom is -0.194 e. The number of aryl methyl sites for hydroxylation is 1. The van der Waals surface area contributed by atoms with Crippen LogP contribution >= 0.6 is 11.3 Å². The van der Waals surface area contributed by atoms with Crippen LogP contribution in [0.15, 0.2) is 5.38 Å². The standard InChI is InChI=1S/C9H11FO2S2/c10-14(11,12)6-7-5-13-9-4-2-1-3-8(7)9/h5H,1-4,6H2. The van der Waals surface area contributed by atoms with E-state index in [4.69, 9.17) is 0 Å². The Balaban J connectivity index is 2.31. The molecular formula is C9H11FO2S2. The van der Waals surface area contributed by atoms with Crippen molar-refractivity contribution >= 4 is 21.6 Å². The van der Waals surface area contributed by atoms with Gasteiger partial charge in [-0.1, -0.05) is 0 Å². The molecule has 1 aliphatic rings. The summed E-state index contributed by atoms with van der Waals surface area (Å²) in [6.07, 6.45) is 4.18. The minimum absolute atomic E-state index is 0.446. The van der Waals surface area contributed by atoms with Crippen LogP contribution in [0.1, 0.15) is 28.8 Å². The van der Waals surface area contributed by atoms with Crippen molar-refractivity contribution in [2.75, 3.05) is 0 Å². The van der Waals surface area contributed by atoms with Crippen molar-refractivity contribution in [1.29, 1.82) is 0 Å². The third kappa shape index (κ3) is 2.15. The van der Waals surface area contributed by atoms with Gasteiger partial charge in [-0.3, -0.25) is 0 Å². The predicted molar refractivity (Wildman–Crippen MR) is 54.7 cm³/mol. The van der Waals surface area contributed by atoms with Crippen molar-refractivity contribution in [3.05, 3.63) is 21.4 Å². The fraction of sp³-hybridized carbons (Fsp3) is 0.556. The number of fused-ring (bicyclic) bond motifs is 1. The highest BCUT2D eigenvalue weighted by Gasteiger charge is 2.19. The zero-order valence-electron chi connectivity index (χ0n) is 7.62. The molecule has 78 valence electrons. The van der Waals surface area contributed by atoms with E-state index in [-0.39, 0.29) is 0 Å². The molecule has 0 aromatic carbocycles. The molecule has 0 radical (unpaired) electrons. The van der Waals surface area contributed by atoms with Gasteiger partial charge in [0.1, 0.15) is 5.75 Å². The number of hydrogen-bond donors (Lipinski definition) is 0. The molecular weight excluding hydrogens is 223 g/mol. The van der Waals surface area contributed by atoms with Gasteiger partial charge in [-0.05, 0) is 42.2 Å². The number of thiophene rings is 1. The molecule has 0 aliphatic heterocycles. The van der Waals surface area contributed by atoms with Crippen LogP contribution in [0.5, 0.6) is 0 Å². The van der Waals surface area contributed by atoms with Crippen LogP contribution in [0.25, 0.3) is 0 Å². The van der Waals surface area contributed by atoms with Crippen LogP contribution in [0, 0.1) is 0 Å². The number of hydrogen-bond acceptors (Lipinski definition) is 3. The first kappa shape index (κ1) is 10.1. The molecule has 2 rings (SSSR count). The lowest BCUT2D eigenvalue weighted by molar-refractivity contribution is 0.550. The quantitative estimate of drug-likeness (QED) is 0.736. The van der Waals surface area contributed by atoms with Crippen LogP contribution in [0.4, 0.5) is 3.89 Å². The molecule has 0 saturated heterocycles. The van der Waals surface area contributed by atoms with Gasteiger partial charge in [0.2, 0.25) is 0 Å². The molecule has 0 atom stereocenters. The van der Waals surface area contributed by atoms with Crippen LogP contribution in [0.3, 0.4) is 0 Å². The normalized spacial score (nSPS) is 16.6. The molecule has 0 fully saturated rings. The Morgan fingerprint density at radius 1 is 1.36 bits per heavy atom. The van der Waals surface area contributed by atoms with Gasteiger partial charge < -0.3 is 0 Å². The van der Waals surface area contributed by atoms with E-state index in [9.17, 15) is 12.3 Å². The van der Waals surface area contributed by atoms with E-state index in [1.807, 2.05) is 0 Å². The Morgan fingerprint density at radius 3 is 2.79 bits per heavy atom. The number of rotatable bonds is 2. The number of halogens is 1. The summed E-state index contributed by atoms with van der Waals surface area (Å²) in [6, 6.07) is 0. The maximum absolute atomic E-state index is 12.5. The third-order valence-electron chi connectivity index (χ3n) is 2.48. The average Bonchev–Trinajstić information content (AvgIpc) is 2.47. The summed E-state index contributed by atoms with van der Waals surface area (Å²) < 4.78 is 33.5. The van der Waals surface area contributed by atoms with E-state index in [0.717, 1.165) is 31.2 Å². The first-order valence-electron chi connectivity index (χ1n) is 4.57. The average molecular weight is 234 g/mol. The van der Waals surface area contributed by atoms with E-state index in [1.54, 1.807) is 16.7 Å². The molecule has 0 bridgehead atoms. The van der Waals surface area contributed by atoms with E-state index in [1.165, 1.54) is 4.88 Å². The Hall–Kier alpha value is -0.420. The first-order chi connectivity index (χ1) is 6.56. The van der Waals surface area contributed by atoms with Crippen LogP contribution in [-0.4, -0.2) is 8.42 Å². The molecule has 1 aromatic heterocycles. The van der Waals surface area contributed by atoms with Gasteiger partial charge in [0.05, 0.1) is 0 Å². The zero-order valence-corrected chi connectivity index (χ0v) is 9.26. The summed E-state index contributed by atoms with van der Waals surface area (Å²) >= 11 is 1.56. The monoisotopic (exact) mass is 234 g/mol.